The van der Waals surface area contributed by atoms with Gasteiger partial charge in [0.25, 0.3) is 5.91 Å². The molecule has 3 aliphatic rings. The van der Waals surface area contributed by atoms with Crippen LogP contribution in [0.25, 0.3) is 10.2 Å². The number of carbonyl (C=O) groups excluding carboxylic acids is 2. The zero-order valence-electron chi connectivity index (χ0n) is 13.5. The van der Waals surface area contributed by atoms with Crippen LogP contribution in [0.5, 0.6) is 0 Å². The highest BCUT2D eigenvalue weighted by Gasteiger charge is 2.43. The van der Waals surface area contributed by atoms with Gasteiger partial charge in [-0.3, -0.25) is 9.59 Å². The molecule has 0 aromatic carbocycles. The maximum atomic E-state index is 13.7. The fourth-order valence-corrected chi connectivity index (χ4v) is 4.94. The summed E-state index contributed by atoms with van der Waals surface area (Å²) in [6.45, 7) is 0.442. The summed E-state index contributed by atoms with van der Waals surface area (Å²) in [6.07, 6.45) is -1.70. The molecule has 1 saturated carbocycles. The van der Waals surface area contributed by atoms with Gasteiger partial charge in [-0.1, -0.05) is 0 Å². The van der Waals surface area contributed by atoms with E-state index in [0.717, 1.165) is 30.2 Å². The van der Waals surface area contributed by atoms with Gasteiger partial charge in [-0.2, -0.15) is 13.2 Å². The van der Waals surface area contributed by atoms with E-state index in [0.29, 0.717) is 25.1 Å². The van der Waals surface area contributed by atoms with Crippen molar-refractivity contribution in [1.82, 2.24) is 9.88 Å². The Hall–Kier alpha value is -2.16. The Morgan fingerprint density at radius 1 is 1.23 bits per heavy atom. The smallest absolute Gasteiger partial charge is 0.326 e. The third-order valence-corrected chi connectivity index (χ3v) is 6.31. The highest BCUT2D eigenvalue weighted by atomic mass is 32.1. The molecule has 0 unspecified atom stereocenters. The summed E-state index contributed by atoms with van der Waals surface area (Å²) in [5, 5.41) is 2.43. The van der Waals surface area contributed by atoms with Gasteiger partial charge in [0.15, 0.2) is 0 Å². The van der Waals surface area contributed by atoms with Crippen molar-refractivity contribution in [1.29, 1.82) is 0 Å². The SMILES string of the molecule is O=C1Nc2c(sc3nc(C4CC4)cc(C(F)(F)F)c23)C(=O)N2CCC[C@@H]12. The minimum Gasteiger partial charge on any atom is -0.326 e. The van der Waals surface area contributed by atoms with Gasteiger partial charge in [0, 0.05) is 23.5 Å². The third kappa shape index (κ3) is 2.26. The molecule has 0 radical (unpaired) electrons. The van der Waals surface area contributed by atoms with E-state index in [2.05, 4.69) is 10.3 Å². The monoisotopic (exact) mass is 381 g/mol. The van der Waals surface area contributed by atoms with E-state index in [9.17, 15) is 22.8 Å². The number of nitrogens with zero attached hydrogens (tertiary/aromatic N) is 2. The number of anilines is 1. The zero-order chi connectivity index (χ0) is 18.2. The average Bonchev–Trinajstić information content (AvgIpc) is 3.22. The molecule has 26 heavy (non-hydrogen) atoms. The number of nitrogens with one attached hydrogen (secondary N) is 1. The summed E-state index contributed by atoms with van der Waals surface area (Å²) in [4.78, 5) is 31.5. The Kier molecular flexibility index (Phi) is 3.20. The fourth-order valence-electron chi connectivity index (χ4n) is 3.82. The molecule has 1 saturated heterocycles. The number of halogens is 3. The van der Waals surface area contributed by atoms with Crippen LogP contribution >= 0.6 is 11.3 Å². The van der Waals surface area contributed by atoms with Gasteiger partial charge >= 0.3 is 6.18 Å². The number of carbonyl (C=O) groups is 2. The topological polar surface area (TPSA) is 62.3 Å². The predicted molar refractivity (Wildman–Crippen MR) is 89.3 cm³/mol. The summed E-state index contributed by atoms with van der Waals surface area (Å²) in [5.41, 5.74) is -0.437. The van der Waals surface area contributed by atoms with Crippen LogP contribution in [0.3, 0.4) is 0 Å². The van der Waals surface area contributed by atoms with Crippen LogP contribution in [0.15, 0.2) is 6.07 Å². The summed E-state index contributed by atoms with van der Waals surface area (Å²) in [5.74, 6) is -0.755. The number of hydrogen-bond donors (Lipinski definition) is 1. The summed E-state index contributed by atoms with van der Waals surface area (Å²) >= 11 is 0.945. The normalized spacial score (nSPS) is 23.0. The Morgan fingerprint density at radius 2 is 2.00 bits per heavy atom. The Bertz CT molecular complexity index is 964. The van der Waals surface area contributed by atoms with Gasteiger partial charge < -0.3 is 10.2 Å². The minimum absolute atomic E-state index is 0.0310. The number of alkyl halides is 3. The third-order valence-electron chi connectivity index (χ3n) is 5.24. The molecule has 2 amide bonds. The van der Waals surface area contributed by atoms with Crippen molar-refractivity contribution in [2.24, 2.45) is 0 Å². The first-order valence-electron chi connectivity index (χ1n) is 8.51. The van der Waals surface area contributed by atoms with Crippen LogP contribution < -0.4 is 5.32 Å². The van der Waals surface area contributed by atoms with Crippen molar-refractivity contribution < 1.29 is 22.8 Å². The van der Waals surface area contributed by atoms with Gasteiger partial charge in [-0.15, -0.1) is 11.3 Å². The van der Waals surface area contributed by atoms with Crippen molar-refractivity contribution in [3.8, 4) is 0 Å². The number of rotatable bonds is 1. The second kappa shape index (κ2) is 5.18. The summed E-state index contributed by atoms with van der Waals surface area (Å²) in [6, 6.07) is 0.473. The van der Waals surface area contributed by atoms with Crippen molar-refractivity contribution in [2.75, 3.05) is 11.9 Å². The van der Waals surface area contributed by atoms with Gasteiger partial charge in [0.05, 0.1) is 11.3 Å². The van der Waals surface area contributed by atoms with Gasteiger partial charge in [-0.05, 0) is 31.7 Å². The highest BCUT2D eigenvalue weighted by molar-refractivity contribution is 7.21. The van der Waals surface area contributed by atoms with Crippen LogP contribution in [0.4, 0.5) is 18.9 Å². The molecule has 9 heteroatoms. The van der Waals surface area contributed by atoms with Gasteiger partial charge in [-0.25, -0.2) is 4.98 Å². The maximum Gasteiger partial charge on any atom is 0.417 e. The molecule has 0 bridgehead atoms. The van der Waals surface area contributed by atoms with E-state index in [-0.39, 0.29) is 32.6 Å². The first-order chi connectivity index (χ1) is 12.3. The summed E-state index contributed by atoms with van der Waals surface area (Å²) in [7, 11) is 0. The van der Waals surface area contributed by atoms with E-state index in [4.69, 9.17) is 0 Å². The highest BCUT2D eigenvalue weighted by Crippen LogP contribution is 2.48. The number of pyridine rings is 1. The average molecular weight is 381 g/mol. The lowest BCUT2D eigenvalue weighted by Gasteiger charge is -2.19. The van der Waals surface area contributed by atoms with Gasteiger partial charge in [0.1, 0.15) is 15.7 Å². The van der Waals surface area contributed by atoms with Crippen LogP contribution in [0.1, 0.15) is 52.5 Å². The molecule has 2 fully saturated rings. The Morgan fingerprint density at radius 3 is 2.69 bits per heavy atom. The summed E-state index contributed by atoms with van der Waals surface area (Å²) < 4.78 is 41.2. The van der Waals surface area contributed by atoms with E-state index < -0.39 is 23.7 Å². The lowest BCUT2D eigenvalue weighted by molar-refractivity contribution is -0.136. The standard InChI is InChI=1S/C17H14F3N3O2S/c18-17(19,20)8-6-9(7-3-4-7)21-15-11(8)12-13(26-15)16(25)23-5-1-2-10(23)14(24)22-12/h6-7,10H,1-5H2,(H,22,24)/t10-/m0/s1. The zero-order valence-corrected chi connectivity index (χ0v) is 14.3. The first-order valence-corrected chi connectivity index (χ1v) is 9.32. The van der Waals surface area contributed by atoms with Crippen molar-refractivity contribution in [2.45, 2.75) is 43.8 Å². The van der Waals surface area contributed by atoms with E-state index in [1.54, 1.807) is 0 Å². The van der Waals surface area contributed by atoms with E-state index >= 15 is 0 Å². The molecule has 5 nitrogen and oxygen atoms in total. The maximum absolute atomic E-state index is 13.7. The first kappa shape index (κ1) is 16.0. The second-order valence-corrected chi connectivity index (χ2v) is 8.00. The number of hydrogen-bond acceptors (Lipinski definition) is 4. The van der Waals surface area contributed by atoms with Crippen LogP contribution in [0, 0.1) is 0 Å². The molecule has 1 N–H and O–H groups in total. The molecule has 0 spiro atoms. The lowest BCUT2D eigenvalue weighted by Crippen LogP contribution is -2.40. The molecular formula is C17H14F3N3O2S. The van der Waals surface area contributed by atoms with Gasteiger partial charge in [0.2, 0.25) is 5.91 Å². The number of amides is 2. The quantitative estimate of drug-likeness (QED) is 0.818. The molecule has 4 heterocycles. The molecule has 1 aliphatic carbocycles. The predicted octanol–water partition coefficient (Wildman–Crippen LogP) is 3.75. The molecule has 136 valence electrons. The molecule has 2 aromatic heterocycles. The molecule has 5 rings (SSSR count). The van der Waals surface area contributed by atoms with Crippen LogP contribution in [-0.2, 0) is 11.0 Å². The fraction of sp³-hybridized carbons (Fsp3) is 0.471. The number of thiophene rings is 1. The lowest BCUT2D eigenvalue weighted by atomic mass is 10.1. The number of fused-ring (bicyclic) bond motifs is 4. The second-order valence-electron chi connectivity index (χ2n) is 7.00. The molecular weight excluding hydrogens is 367 g/mol. The largest absolute Gasteiger partial charge is 0.417 e. The molecule has 2 aromatic rings. The van der Waals surface area contributed by atoms with E-state index in [1.807, 2.05) is 0 Å². The Balaban J connectivity index is 1.78. The van der Waals surface area contributed by atoms with Crippen molar-refractivity contribution in [3.63, 3.8) is 0 Å². The minimum atomic E-state index is -4.59. The molecule has 1 atom stereocenters. The van der Waals surface area contributed by atoms with Crippen LogP contribution in [0.2, 0.25) is 0 Å². The Labute approximate surface area is 150 Å². The van der Waals surface area contributed by atoms with Crippen LogP contribution in [-0.4, -0.2) is 34.3 Å². The number of aromatic nitrogens is 1. The van der Waals surface area contributed by atoms with Crippen molar-refractivity contribution in [3.05, 3.63) is 22.2 Å². The molecule has 2 aliphatic heterocycles. The van der Waals surface area contributed by atoms with E-state index in [1.165, 1.54) is 4.90 Å². The van der Waals surface area contributed by atoms with Crippen molar-refractivity contribution >= 4 is 39.1 Å².